The molecule has 1 aliphatic heterocycles. The summed E-state index contributed by atoms with van der Waals surface area (Å²) in [6.45, 7) is 2.92. The van der Waals surface area contributed by atoms with Crippen molar-refractivity contribution in [3.63, 3.8) is 0 Å². The van der Waals surface area contributed by atoms with Gasteiger partial charge in [0.1, 0.15) is 11.9 Å². The Kier molecular flexibility index (Phi) is 5.43. The lowest BCUT2D eigenvalue weighted by molar-refractivity contribution is 0.0955. The van der Waals surface area contributed by atoms with Crippen molar-refractivity contribution in [1.29, 1.82) is 0 Å². The molecular formula is C19H23N3O2. The van der Waals surface area contributed by atoms with Gasteiger partial charge in [-0.25, -0.2) is 0 Å². The number of carbonyl (C=O) groups is 1. The molecule has 3 rings (SSSR count). The molecule has 0 bridgehead atoms. The summed E-state index contributed by atoms with van der Waals surface area (Å²) in [6.07, 6.45) is 4.08. The lowest BCUT2D eigenvalue weighted by Crippen LogP contribution is -2.37. The van der Waals surface area contributed by atoms with Crippen molar-refractivity contribution in [3.8, 4) is 5.75 Å². The molecule has 5 nitrogen and oxygen atoms in total. The summed E-state index contributed by atoms with van der Waals surface area (Å²) in [5.74, 6) is 0.746. The van der Waals surface area contributed by atoms with Gasteiger partial charge in [-0.2, -0.15) is 0 Å². The molecule has 1 N–H and O–H groups in total. The number of hydrogen-bond donors (Lipinski definition) is 1. The summed E-state index contributed by atoms with van der Waals surface area (Å²) in [5.41, 5.74) is 1.76. The molecule has 24 heavy (non-hydrogen) atoms. The van der Waals surface area contributed by atoms with Crippen LogP contribution in [0, 0.1) is 0 Å². The molecule has 0 atom stereocenters. The van der Waals surface area contributed by atoms with Gasteiger partial charge in [-0.15, -0.1) is 0 Å². The van der Waals surface area contributed by atoms with Crippen LogP contribution >= 0.6 is 0 Å². The molecule has 0 aliphatic carbocycles. The van der Waals surface area contributed by atoms with Gasteiger partial charge in [0, 0.05) is 38.4 Å². The van der Waals surface area contributed by atoms with Crippen LogP contribution in [0.4, 0.5) is 0 Å². The summed E-state index contributed by atoms with van der Waals surface area (Å²) in [4.78, 5) is 18.3. The first kappa shape index (κ1) is 16.5. The number of benzene rings is 1. The van der Waals surface area contributed by atoms with Crippen LogP contribution < -0.4 is 10.1 Å². The van der Waals surface area contributed by atoms with E-state index in [4.69, 9.17) is 4.74 Å². The topological polar surface area (TPSA) is 54.5 Å². The van der Waals surface area contributed by atoms with Crippen LogP contribution in [0.25, 0.3) is 0 Å². The number of likely N-dealkylation sites (tertiary alicyclic amines) is 1. The number of pyridine rings is 1. The summed E-state index contributed by atoms with van der Waals surface area (Å²) in [6, 6.07) is 13.4. The Hall–Kier alpha value is -2.40. The monoisotopic (exact) mass is 325 g/mol. The molecule has 1 aromatic heterocycles. The van der Waals surface area contributed by atoms with Gasteiger partial charge in [0.25, 0.3) is 5.91 Å². The zero-order chi connectivity index (χ0) is 16.8. The summed E-state index contributed by atoms with van der Waals surface area (Å²) in [5, 5.41) is 2.62. The van der Waals surface area contributed by atoms with E-state index < -0.39 is 0 Å². The van der Waals surface area contributed by atoms with Crippen molar-refractivity contribution in [1.82, 2.24) is 15.2 Å². The fourth-order valence-electron chi connectivity index (χ4n) is 2.93. The van der Waals surface area contributed by atoms with Gasteiger partial charge in [-0.05, 0) is 49.2 Å². The minimum absolute atomic E-state index is 0.0793. The Labute approximate surface area is 142 Å². The summed E-state index contributed by atoms with van der Waals surface area (Å²) < 4.78 is 6.05. The van der Waals surface area contributed by atoms with Crippen LogP contribution in [0.15, 0.2) is 48.7 Å². The lowest BCUT2D eigenvalue weighted by atomic mass is 10.1. The minimum Gasteiger partial charge on any atom is -0.490 e. The van der Waals surface area contributed by atoms with Crippen LogP contribution in [-0.2, 0) is 6.54 Å². The fourth-order valence-corrected chi connectivity index (χ4v) is 2.93. The first-order chi connectivity index (χ1) is 11.7. The van der Waals surface area contributed by atoms with E-state index in [-0.39, 0.29) is 12.0 Å². The number of amides is 1. The maximum absolute atomic E-state index is 11.5. The Morgan fingerprint density at radius 1 is 1.21 bits per heavy atom. The second kappa shape index (κ2) is 7.93. The van der Waals surface area contributed by atoms with Crippen molar-refractivity contribution in [2.75, 3.05) is 20.1 Å². The van der Waals surface area contributed by atoms with Gasteiger partial charge < -0.3 is 10.1 Å². The Morgan fingerprint density at radius 2 is 1.96 bits per heavy atom. The summed E-state index contributed by atoms with van der Waals surface area (Å²) in [7, 11) is 1.63. The average Bonchev–Trinajstić information content (AvgIpc) is 2.64. The lowest BCUT2D eigenvalue weighted by Gasteiger charge is -2.31. The molecule has 2 heterocycles. The van der Waals surface area contributed by atoms with E-state index in [2.05, 4.69) is 21.3 Å². The van der Waals surface area contributed by atoms with E-state index in [0.29, 0.717) is 5.56 Å². The molecule has 1 amide bonds. The molecule has 1 aromatic carbocycles. The van der Waals surface area contributed by atoms with Gasteiger partial charge in [0.15, 0.2) is 0 Å². The van der Waals surface area contributed by atoms with E-state index in [1.807, 2.05) is 30.5 Å². The van der Waals surface area contributed by atoms with Crippen LogP contribution in [0.2, 0.25) is 0 Å². The maximum Gasteiger partial charge on any atom is 0.251 e. The van der Waals surface area contributed by atoms with Gasteiger partial charge in [0.05, 0.1) is 5.69 Å². The molecule has 126 valence electrons. The number of nitrogens with one attached hydrogen (secondary N) is 1. The predicted molar refractivity (Wildman–Crippen MR) is 93.0 cm³/mol. The van der Waals surface area contributed by atoms with Crippen molar-refractivity contribution < 1.29 is 9.53 Å². The van der Waals surface area contributed by atoms with Crippen LogP contribution in [0.1, 0.15) is 28.9 Å². The third-order valence-corrected chi connectivity index (χ3v) is 4.29. The standard InChI is InChI=1S/C19H23N3O2/c1-20-19(23)15-5-7-17(8-6-15)24-18-9-12-22(13-10-18)14-16-4-2-3-11-21-16/h2-8,11,18H,9-10,12-14H2,1H3,(H,20,23). The van der Waals surface area contributed by atoms with Gasteiger partial charge in [-0.3, -0.25) is 14.7 Å². The summed E-state index contributed by atoms with van der Waals surface area (Å²) >= 11 is 0. The molecule has 0 unspecified atom stereocenters. The molecule has 5 heteroatoms. The zero-order valence-electron chi connectivity index (χ0n) is 13.9. The Morgan fingerprint density at radius 3 is 2.58 bits per heavy atom. The molecule has 0 spiro atoms. The van der Waals surface area contributed by atoms with Gasteiger partial charge in [0.2, 0.25) is 0 Å². The third kappa shape index (κ3) is 4.32. The SMILES string of the molecule is CNC(=O)c1ccc(OC2CCN(Cc3ccccn3)CC2)cc1. The van der Waals surface area contributed by atoms with Crippen LogP contribution in [-0.4, -0.2) is 42.0 Å². The Balaban J connectivity index is 1.47. The highest BCUT2D eigenvalue weighted by atomic mass is 16.5. The number of piperidine rings is 1. The van der Waals surface area contributed by atoms with Crippen LogP contribution in [0.5, 0.6) is 5.75 Å². The van der Waals surface area contributed by atoms with Gasteiger partial charge >= 0.3 is 0 Å². The number of aromatic nitrogens is 1. The second-order valence-electron chi connectivity index (χ2n) is 6.02. The fraction of sp³-hybridized carbons (Fsp3) is 0.368. The molecule has 0 radical (unpaired) electrons. The number of nitrogens with zero attached hydrogens (tertiary/aromatic N) is 2. The minimum atomic E-state index is -0.0793. The van der Waals surface area contributed by atoms with Crippen molar-refractivity contribution in [2.24, 2.45) is 0 Å². The highest BCUT2D eigenvalue weighted by molar-refractivity contribution is 5.94. The van der Waals surface area contributed by atoms with Crippen molar-refractivity contribution >= 4 is 5.91 Å². The van der Waals surface area contributed by atoms with Gasteiger partial charge in [-0.1, -0.05) is 6.07 Å². The average molecular weight is 325 g/mol. The zero-order valence-corrected chi connectivity index (χ0v) is 13.9. The predicted octanol–water partition coefficient (Wildman–Crippen LogP) is 2.48. The normalized spacial score (nSPS) is 15.9. The second-order valence-corrected chi connectivity index (χ2v) is 6.02. The van der Waals surface area contributed by atoms with Crippen molar-refractivity contribution in [2.45, 2.75) is 25.5 Å². The highest BCUT2D eigenvalue weighted by Crippen LogP contribution is 2.20. The van der Waals surface area contributed by atoms with E-state index in [1.165, 1.54) is 0 Å². The number of rotatable bonds is 5. The third-order valence-electron chi connectivity index (χ3n) is 4.29. The molecule has 1 fully saturated rings. The quantitative estimate of drug-likeness (QED) is 0.918. The largest absolute Gasteiger partial charge is 0.490 e. The van der Waals surface area contributed by atoms with Crippen LogP contribution in [0.3, 0.4) is 0 Å². The number of ether oxygens (including phenoxy) is 1. The van der Waals surface area contributed by atoms with Crippen molar-refractivity contribution in [3.05, 3.63) is 59.9 Å². The molecule has 1 saturated heterocycles. The van der Waals surface area contributed by atoms with E-state index >= 15 is 0 Å². The highest BCUT2D eigenvalue weighted by Gasteiger charge is 2.20. The molecule has 2 aromatic rings. The van der Waals surface area contributed by atoms with E-state index in [1.54, 1.807) is 19.2 Å². The smallest absolute Gasteiger partial charge is 0.251 e. The number of carbonyl (C=O) groups excluding carboxylic acids is 1. The number of hydrogen-bond acceptors (Lipinski definition) is 4. The Bertz CT molecular complexity index is 650. The first-order valence-corrected chi connectivity index (χ1v) is 8.35. The molecular weight excluding hydrogens is 302 g/mol. The molecule has 0 saturated carbocycles. The molecule has 1 aliphatic rings. The maximum atomic E-state index is 11.5. The first-order valence-electron chi connectivity index (χ1n) is 8.35. The van der Waals surface area contributed by atoms with E-state index in [0.717, 1.165) is 43.9 Å². The van der Waals surface area contributed by atoms with E-state index in [9.17, 15) is 4.79 Å².